The van der Waals surface area contributed by atoms with Gasteiger partial charge < -0.3 is 9.97 Å². The van der Waals surface area contributed by atoms with Crippen LogP contribution in [0.15, 0.2) is 109 Å². The zero-order chi connectivity index (χ0) is 31.9. The fraction of sp³-hybridized carbons (Fsp3) is 0. The first kappa shape index (κ1) is 27.2. The van der Waals surface area contributed by atoms with Gasteiger partial charge in [-0.25, -0.2) is 29.9 Å². The van der Waals surface area contributed by atoms with Gasteiger partial charge in [0.05, 0.1) is 0 Å². The fourth-order valence-corrected chi connectivity index (χ4v) is 7.01. The van der Waals surface area contributed by atoms with Crippen LogP contribution in [0.1, 0.15) is 0 Å². The van der Waals surface area contributed by atoms with Gasteiger partial charge in [-0.15, -0.1) is 0 Å². The Bertz CT molecular complexity index is 2830. The summed E-state index contributed by atoms with van der Waals surface area (Å²) in [4.78, 5) is 37.4. The van der Waals surface area contributed by atoms with Gasteiger partial charge >= 0.3 is 0 Å². The van der Waals surface area contributed by atoms with Gasteiger partial charge in [-0.05, 0) is 23.8 Å². The predicted molar refractivity (Wildman–Crippen MR) is 192 cm³/mol. The monoisotopic (exact) mass is 658 g/mol. The average Bonchev–Trinajstić information content (AvgIpc) is 3.85. The minimum atomic E-state index is 0.526. The van der Waals surface area contributed by atoms with Crippen LogP contribution in [-0.2, 0) is 0 Å². The van der Waals surface area contributed by atoms with Crippen molar-refractivity contribution in [3.8, 4) is 56.7 Å². The Balaban J connectivity index is 1.42. The summed E-state index contributed by atoms with van der Waals surface area (Å²) in [6.45, 7) is 0. The van der Waals surface area contributed by atoms with Crippen molar-refractivity contribution >= 4 is 67.3 Å². The van der Waals surface area contributed by atoms with E-state index in [1.807, 2.05) is 97.1 Å². The van der Waals surface area contributed by atoms with Gasteiger partial charge in [-0.3, -0.25) is 0 Å². The lowest BCUT2D eigenvalue weighted by molar-refractivity contribution is 1.19. The topological polar surface area (TPSA) is 109 Å². The Morgan fingerprint density at radius 1 is 0.375 bits per heavy atom. The molecule has 8 bridgehead atoms. The SMILES string of the molecule is Clc1ccc(Cl)c(-c2cccc3c4nc5nc(nc6[nH]c(nc7nc(nc([nH]4)c23)-c2ccccc2-7)c2ccccc62)-c2ccccc2-5)c1. The molecule has 0 spiro atoms. The lowest BCUT2D eigenvalue weighted by atomic mass is 10.0. The van der Waals surface area contributed by atoms with Crippen LogP contribution in [0.5, 0.6) is 0 Å². The van der Waals surface area contributed by atoms with Crippen molar-refractivity contribution in [3.05, 3.63) is 119 Å². The van der Waals surface area contributed by atoms with E-state index in [9.17, 15) is 0 Å². The fourth-order valence-electron chi connectivity index (χ4n) is 6.62. The van der Waals surface area contributed by atoms with Crippen molar-refractivity contribution in [1.82, 2.24) is 39.9 Å². The summed E-state index contributed by atoms with van der Waals surface area (Å²) >= 11 is 13.3. The van der Waals surface area contributed by atoms with E-state index in [1.165, 1.54) is 0 Å². The molecule has 0 amide bonds. The molecule has 8 nitrogen and oxygen atoms in total. The van der Waals surface area contributed by atoms with Gasteiger partial charge in [0, 0.05) is 59.4 Å². The van der Waals surface area contributed by atoms with Crippen LogP contribution >= 0.6 is 23.2 Å². The molecule has 3 aromatic heterocycles. The largest absolute Gasteiger partial charge is 0.324 e. The normalized spacial score (nSPS) is 12.0. The van der Waals surface area contributed by atoms with E-state index in [0.717, 1.165) is 54.9 Å². The number of rotatable bonds is 1. The van der Waals surface area contributed by atoms with E-state index in [2.05, 4.69) is 9.97 Å². The molecular formula is C38H20Cl2N8. The van der Waals surface area contributed by atoms with Crippen LogP contribution < -0.4 is 0 Å². The Hall–Kier alpha value is -5.96. The molecule has 10 heteroatoms. The Kier molecular flexibility index (Phi) is 5.82. The van der Waals surface area contributed by atoms with E-state index >= 15 is 0 Å². The third kappa shape index (κ3) is 4.10. The maximum Gasteiger partial charge on any atom is 0.164 e. The van der Waals surface area contributed by atoms with Crippen LogP contribution in [0, 0.1) is 0 Å². The molecule has 48 heavy (non-hydrogen) atoms. The number of nitrogens with one attached hydrogen (secondary N) is 2. The molecule has 0 saturated carbocycles. The molecule has 0 unspecified atom stereocenters. The van der Waals surface area contributed by atoms with Crippen molar-refractivity contribution in [2.75, 3.05) is 0 Å². The number of fused-ring (bicyclic) bond motifs is 20. The molecule has 5 heterocycles. The number of aromatic nitrogens is 8. The molecule has 2 aliphatic heterocycles. The maximum absolute atomic E-state index is 6.78. The van der Waals surface area contributed by atoms with Crippen molar-refractivity contribution in [3.63, 3.8) is 0 Å². The van der Waals surface area contributed by atoms with Crippen molar-refractivity contribution in [2.45, 2.75) is 0 Å². The van der Waals surface area contributed by atoms with Crippen LogP contribution in [0.25, 0.3) is 101 Å². The summed E-state index contributed by atoms with van der Waals surface area (Å²) < 4.78 is 0. The van der Waals surface area contributed by atoms with Crippen LogP contribution in [0.2, 0.25) is 10.0 Å². The highest BCUT2D eigenvalue weighted by Gasteiger charge is 2.23. The Morgan fingerprint density at radius 2 is 0.812 bits per heavy atom. The summed E-state index contributed by atoms with van der Waals surface area (Å²) in [5.41, 5.74) is 7.63. The third-order valence-electron chi connectivity index (χ3n) is 8.80. The maximum atomic E-state index is 6.78. The summed E-state index contributed by atoms with van der Waals surface area (Å²) in [7, 11) is 0. The number of hydrogen-bond donors (Lipinski definition) is 2. The van der Waals surface area contributed by atoms with E-state index in [4.69, 9.17) is 53.1 Å². The van der Waals surface area contributed by atoms with E-state index < -0.39 is 0 Å². The molecule has 0 atom stereocenters. The minimum Gasteiger partial charge on any atom is -0.324 e. The van der Waals surface area contributed by atoms with Gasteiger partial charge in [0.25, 0.3) is 0 Å². The number of halogens is 2. The molecule has 5 aromatic carbocycles. The first-order valence-corrected chi connectivity index (χ1v) is 16.0. The van der Waals surface area contributed by atoms with Gasteiger partial charge in [0.1, 0.15) is 22.6 Å². The highest BCUT2D eigenvalue weighted by molar-refractivity contribution is 6.36. The predicted octanol–water partition coefficient (Wildman–Crippen LogP) is 9.84. The quantitative estimate of drug-likeness (QED) is 0.182. The van der Waals surface area contributed by atoms with E-state index in [-0.39, 0.29) is 0 Å². The lowest BCUT2D eigenvalue weighted by Crippen LogP contribution is -1.85. The van der Waals surface area contributed by atoms with E-state index in [1.54, 1.807) is 12.1 Å². The Labute approximate surface area is 282 Å². The van der Waals surface area contributed by atoms with Crippen molar-refractivity contribution < 1.29 is 0 Å². The zero-order valence-corrected chi connectivity index (χ0v) is 26.3. The first-order valence-electron chi connectivity index (χ1n) is 15.3. The molecule has 10 rings (SSSR count). The van der Waals surface area contributed by atoms with E-state index in [0.29, 0.717) is 55.9 Å². The van der Waals surface area contributed by atoms with Crippen LogP contribution in [0.3, 0.4) is 0 Å². The molecule has 0 radical (unpaired) electrons. The molecule has 0 fully saturated rings. The van der Waals surface area contributed by atoms with Gasteiger partial charge in [0.15, 0.2) is 23.3 Å². The standard InChI is InChI=1S/C38H20Cl2N8/c39-19-16-17-29(40)28(18-19)20-14-7-15-27-30(20)38-47-36-26-13-6-5-12-25(26)34(45-36)43-32-22-9-2-1-8-21(22)31(41-32)42-33-23-10-3-4-11-24(23)35(44-33)46-37(27)48-38/h1-18H,(H2,41,42,43,44,45,46,47,48). The van der Waals surface area contributed by atoms with Crippen molar-refractivity contribution in [1.29, 1.82) is 0 Å². The molecule has 226 valence electrons. The third-order valence-corrected chi connectivity index (χ3v) is 9.36. The first-order chi connectivity index (χ1) is 23.6. The number of aromatic amines is 2. The zero-order valence-electron chi connectivity index (χ0n) is 24.8. The number of benzene rings is 5. The van der Waals surface area contributed by atoms with Gasteiger partial charge in [-0.1, -0.05) is 114 Å². The number of nitrogens with zero attached hydrogens (tertiary/aromatic N) is 6. The number of H-pyrrole nitrogens is 2. The highest BCUT2D eigenvalue weighted by Crippen LogP contribution is 2.40. The lowest BCUT2D eigenvalue weighted by Gasteiger charge is -2.07. The van der Waals surface area contributed by atoms with Gasteiger partial charge in [-0.2, -0.15) is 0 Å². The molecule has 0 aliphatic carbocycles. The summed E-state index contributed by atoms with van der Waals surface area (Å²) in [5, 5.41) is 4.68. The molecular weight excluding hydrogens is 639 g/mol. The average molecular weight is 660 g/mol. The molecule has 8 aromatic rings. The second kappa shape index (κ2) is 10.3. The molecule has 0 saturated heterocycles. The molecule has 2 aliphatic rings. The van der Waals surface area contributed by atoms with Gasteiger partial charge in [0.2, 0.25) is 0 Å². The number of hydrogen-bond acceptors (Lipinski definition) is 6. The summed E-state index contributed by atoms with van der Waals surface area (Å²) in [5.74, 6) is 2.17. The Morgan fingerprint density at radius 3 is 1.38 bits per heavy atom. The summed E-state index contributed by atoms with van der Waals surface area (Å²) in [6.07, 6.45) is 0. The van der Waals surface area contributed by atoms with Crippen LogP contribution in [0.4, 0.5) is 0 Å². The smallest absolute Gasteiger partial charge is 0.164 e. The minimum absolute atomic E-state index is 0.526. The highest BCUT2D eigenvalue weighted by atomic mass is 35.5. The van der Waals surface area contributed by atoms with Crippen LogP contribution in [-0.4, -0.2) is 39.9 Å². The summed E-state index contributed by atoms with van der Waals surface area (Å²) in [6, 6.07) is 35.4. The second-order valence-electron chi connectivity index (χ2n) is 11.6. The second-order valence-corrected chi connectivity index (χ2v) is 12.4. The molecule has 2 N–H and O–H groups in total. The van der Waals surface area contributed by atoms with Crippen molar-refractivity contribution in [2.24, 2.45) is 0 Å².